The third-order valence-corrected chi connectivity index (χ3v) is 5.49. The molecule has 2 atom stereocenters. The fraction of sp³-hybridized carbons (Fsp3) is 0.381. The van der Waals surface area contributed by atoms with Gasteiger partial charge in [0.2, 0.25) is 17.7 Å². The molecule has 3 heterocycles. The normalized spacial score (nSPS) is 22.0. The highest BCUT2D eigenvalue weighted by molar-refractivity contribution is 6.30. The first kappa shape index (κ1) is 18.7. The minimum atomic E-state index is -0.320. The van der Waals surface area contributed by atoms with Crippen LogP contribution in [0.15, 0.2) is 42.6 Å². The van der Waals surface area contributed by atoms with Gasteiger partial charge in [-0.15, -0.1) is 0 Å². The Morgan fingerprint density at radius 1 is 1.18 bits per heavy atom. The Morgan fingerprint density at radius 3 is 2.68 bits per heavy atom. The number of carbonyl (C=O) groups is 2. The molecule has 146 valence electrons. The van der Waals surface area contributed by atoms with Gasteiger partial charge in [0.05, 0.1) is 12.5 Å². The van der Waals surface area contributed by atoms with Gasteiger partial charge in [-0.2, -0.15) is 0 Å². The molecule has 7 heteroatoms. The molecule has 1 aromatic heterocycles. The number of hydrogen-bond donors (Lipinski definition) is 0. The van der Waals surface area contributed by atoms with E-state index >= 15 is 0 Å². The van der Waals surface area contributed by atoms with E-state index in [0.717, 1.165) is 17.7 Å². The summed E-state index contributed by atoms with van der Waals surface area (Å²) in [6.45, 7) is 3.55. The van der Waals surface area contributed by atoms with Crippen LogP contribution >= 0.6 is 11.6 Å². The summed E-state index contributed by atoms with van der Waals surface area (Å²) < 4.78 is 5.90. The van der Waals surface area contributed by atoms with Gasteiger partial charge >= 0.3 is 0 Å². The highest BCUT2D eigenvalue weighted by Gasteiger charge is 2.39. The lowest BCUT2D eigenvalue weighted by Crippen LogP contribution is -2.37. The molecule has 1 aromatic carbocycles. The van der Waals surface area contributed by atoms with E-state index in [2.05, 4.69) is 4.98 Å². The molecule has 2 aromatic rings. The van der Waals surface area contributed by atoms with Crippen molar-refractivity contribution in [2.24, 2.45) is 5.92 Å². The first-order valence-electron chi connectivity index (χ1n) is 9.43. The largest absolute Gasteiger partial charge is 0.472 e. The van der Waals surface area contributed by atoms with Crippen LogP contribution in [0.5, 0.6) is 5.88 Å². The van der Waals surface area contributed by atoms with Crippen LogP contribution in [0.3, 0.4) is 0 Å². The Morgan fingerprint density at radius 2 is 1.96 bits per heavy atom. The molecule has 0 aliphatic carbocycles. The topological polar surface area (TPSA) is 62.7 Å². The number of halogens is 1. The maximum absolute atomic E-state index is 12.9. The molecule has 2 aliphatic heterocycles. The highest BCUT2D eigenvalue weighted by atomic mass is 35.5. The second kappa shape index (κ2) is 7.80. The van der Waals surface area contributed by atoms with E-state index in [4.69, 9.17) is 16.3 Å². The summed E-state index contributed by atoms with van der Waals surface area (Å²) in [5.74, 6) is 0.249. The summed E-state index contributed by atoms with van der Waals surface area (Å²) in [4.78, 5) is 33.1. The van der Waals surface area contributed by atoms with Crippen molar-refractivity contribution in [3.63, 3.8) is 0 Å². The predicted octanol–water partition coefficient (Wildman–Crippen LogP) is 3.08. The monoisotopic (exact) mass is 399 g/mol. The first-order valence-corrected chi connectivity index (χ1v) is 9.81. The lowest BCUT2D eigenvalue weighted by atomic mass is 10.1. The van der Waals surface area contributed by atoms with Crippen molar-refractivity contribution in [3.05, 3.63) is 53.2 Å². The lowest BCUT2D eigenvalue weighted by Gasteiger charge is -2.21. The van der Waals surface area contributed by atoms with Crippen LogP contribution < -0.4 is 9.64 Å². The van der Waals surface area contributed by atoms with Crippen LogP contribution in [0.2, 0.25) is 5.02 Å². The number of nitrogens with zero attached hydrogens (tertiary/aromatic N) is 3. The van der Waals surface area contributed by atoms with E-state index in [-0.39, 0.29) is 30.3 Å². The molecule has 2 fully saturated rings. The first-order chi connectivity index (χ1) is 13.5. The highest BCUT2D eigenvalue weighted by Crippen LogP contribution is 2.28. The van der Waals surface area contributed by atoms with Crippen LogP contribution in [-0.2, 0) is 9.59 Å². The number of carbonyl (C=O) groups excluding carboxylic acids is 2. The molecule has 28 heavy (non-hydrogen) atoms. The molecule has 0 N–H and O–H groups in total. The molecule has 0 bridgehead atoms. The molecular weight excluding hydrogens is 378 g/mol. The Balaban J connectivity index is 1.35. The van der Waals surface area contributed by atoms with Crippen molar-refractivity contribution in [1.29, 1.82) is 0 Å². The second-order valence-electron chi connectivity index (χ2n) is 7.37. The average Bonchev–Trinajstić information content (AvgIpc) is 3.31. The van der Waals surface area contributed by atoms with Gasteiger partial charge in [0.15, 0.2) is 0 Å². The molecule has 6 nitrogen and oxygen atoms in total. The average molecular weight is 400 g/mol. The standard InChI is InChI=1S/C21H22ClN3O3/c1-14-2-7-19(23-11-14)28-18-8-9-24(13-18)21(27)15-10-20(26)25(12-15)17-5-3-16(22)4-6-17/h2-7,11,15,18H,8-10,12-13H2,1H3. The zero-order valence-corrected chi connectivity index (χ0v) is 16.4. The number of hydrogen-bond acceptors (Lipinski definition) is 4. The molecule has 0 spiro atoms. The zero-order chi connectivity index (χ0) is 19.7. The van der Waals surface area contributed by atoms with Gasteiger partial charge in [-0.25, -0.2) is 4.98 Å². The van der Waals surface area contributed by atoms with Crippen molar-refractivity contribution in [2.45, 2.75) is 25.9 Å². The Hall–Kier alpha value is -2.60. The van der Waals surface area contributed by atoms with Crippen LogP contribution in [0.25, 0.3) is 0 Å². The summed E-state index contributed by atoms with van der Waals surface area (Å²) in [6.07, 6.45) is 2.71. The molecular formula is C21H22ClN3O3. The number of anilines is 1. The Labute approximate surface area is 169 Å². The van der Waals surface area contributed by atoms with E-state index in [1.54, 1.807) is 35.4 Å². The predicted molar refractivity (Wildman–Crippen MR) is 106 cm³/mol. The van der Waals surface area contributed by atoms with Crippen molar-refractivity contribution in [1.82, 2.24) is 9.88 Å². The van der Waals surface area contributed by atoms with Crippen LogP contribution in [0.1, 0.15) is 18.4 Å². The molecule has 0 saturated carbocycles. The minimum Gasteiger partial charge on any atom is -0.472 e. The Bertz CT molecular complexity index is 869. The molecule has 2 saturated heterocycles. The number of rotatable bonds is 4. The lowest BCUT2D eigenvalue weighted by molar-refractivity contribution is -0.135. The van der Waals surface area contributed by atoms with Gasteiger partial charge in [0.1, 0.15) is 6.10 Å². The van der Waals surface area contributed by atoms with Crippen molar-refractivity contribution in [2.75, 3.05) is 24.5 Å². The van der Waals surface area contributed by atoms with Gasteiger partial charge < -0.3 is 14.5 Å². The summed E-state index contributed by atoms with van der Waals surface area (Å²) in [5, 5.41) is 0.620. The van der Waals surface area contributed by atoms with Crippen LogP contribution in [-0.4, -0.2) is 47.4 Å². The smallest absolute Gasteiger partial charge is 0.228 e. The van der Waals surface area contributed by atoms with E-state index in [9.17, 15) is 9.59 Å². The van der Waals surface area contributed by atoms with E-state index < -0.39 is 0 Å². The third-order valence-electron chi connectivity index (χ3n) is 5.24. The summed E-state index contributed by atoms with van der Waals surface area (Å²) in [5.41, 5.74) is 1.85. The van der Waals surface area contributed by atoms with E-state index in [1.807, 2.05) is 24.0 Å². The summed E-state index contributed by atoms with van der Waals surface area (Å²) in [7, 11) is 0. The number of amides is 2. The molecule has 2 unspecified atom stereocenters. The number of aromatic nitrogens is 1. The molecule has 0 radical (unpaired) electrons. The zero-order valence-electron chi connectivity index (χ0n) is 15.7. The van der Waals surface area contributed by atoms with Gasteiger partial charge in [-0.1, -0.05) is 17.7 Å². The van der Waals surface area contributed by atoms with Gasteiger partial charge in [-0.05, 0) is 36.8 Å². The van der Waals surface area contributed by atoms with Gasteiger partial charge in [0.25, 0.3) is 0 Å². The van der Waals surface area contributed by atoms with Crippen molar-refractivity contribution >= 4 is 29.1 Å². The van der Waals surface area contributed by atoms with Crippen LogP contribution in [0.4, 0.5) is 5.69 Å². The number of likely N-dealkylation sites (tertiary alicyclic amines) is 1. The summed E-state index contributed by atoms with van der Waals surface area (Å²) >= 11 is 5.92. The van der Waals surface area contributed by atoms with E-state index in [1.165, 1.54) is 0 Å². The second-order valence-corrected chi connectivity index (χ2v) is 7.80. The minimum absolute atomic E-state index is 0.0211. The maximum atomic E-state index is 12.9. The number of pyridine rings is 1. The number of benzene rings is 1. The fourth-order valence-electron chi connectivity index (χ4n) is 3.72. The maximum Gasteiger partial charge on any atom is 0.228 e. The number of aryl methyl sites for hydroxylation is 1. The molecule has 2 amide bonds. The fourth-order valence-corrected chi connectivity index (χ4v) is 3.85. The quantitative estimate of drug-likeness (QED) is 0.792. The van der Waals surface area contributed by atoms with Crippen LogP contribution in [0, 0.1) is 12.8 Å². The van der Waals surface area contributed by atoms with Gasteiger partial charge in [0, 0.05) is 48.9 Å². The van der Waals surface area contributed by atoms with E-state index in [0.29, 0.717) is 30.5 Å². The Kier molecular flexibility index (Phi) is 5.22. The van der Waals surface area contributed by atoms with Crippen molar-refractivity contribution in [3.8, 4) is 5.88 Å². The molecule has 4 rings (SSSR count). The third kappa shape index (κ3) is 3.97. The van der Waals surface area contributed by atoms with Gasteiger partial charge in [-0.3, -0.25) is 9.59 Å². The van der Waals surface area contributed by atoms with Crippen molar-refractivity contribution < 1.29 is 14.3 Å². The summed E-state index contributed by atoms with van der Waals surface area (Å²) in [6, 6.07) is 10.9. The SMILES string of the molecule is Cc1ccc(OC2CCN(C(=O)C3CC(=O)N(c4ccc(Cl)cc4)C3)C2)nc1. The number of ether oxygens (including phenoxy) is 1. The molecule has 2 aliphatic rings.